The standard InChI is InChI=1S/C18H17N3OS/c1-13-15-9-5-6-10-16(15)23-17(13)12-20-21-18(22)19-11-14-7-3-2-4-8-14/h2-10,12H,11H2,1H3,(H2,19,21,22). The van der Waals surface area contributed by atoms with Crippen LogP contribution in [0.5, 0.6) is 0 Å². The summed E-state index contributed by atoms with van der Waals surface area (Å²) in [4.78, 5) is 12.8. The van der Waals surface area contributed by atoms with Gasteiger partial charge in [-0.15, -0.1) is 11.3 Å². The molecule has 0 aliphatic carbocycles. The van der Waals surface area contributed by atoms with Crippen LogP contribution in [0.3, 0.4) is 0 Å². The number of fused-ring (bicyclic) bond motifs is 1. The van der Waals surface area contributed by atoms with Crippen LogP contribution < -0.4 is 10.7 Å². The third kappa shape index (κ3) is 3.76. The molecule has 0 saturated carbocycles. The van der Waals surface area contributed by atoms with Crippen molar-refractivity contribution in [2.45, 2.75) is 13.5 Å². The monoisotopic (exact) mass is 323 g/mol. The summed E-state index contributed by atoms with van der Waals surface area (Å²) in [7, 11) is 0. The molecule has 3 aromatic rings. The Morgan fingerprint density at radius 2 is 1.87 bits per heavy atom. The van der Waals surface area contributed by atoms with Gasteiger partial charge in [0.15, 0.2) is 0 Å². The Morgan fingerprint density at radius 3 is 2.65 bits per heavy atom. The number of amides is 2. The van der Waals surface area contributed by atoms with E-state index in [9.17, 15) is 4.79 Å². The third-order valence-corrected chi connectivity index (χ3v) is 4.73. The van der Waals surface area contributed by atoms with Crippen LogP contribution in [-0.4, -0.2) is 12.2 Å². The number of carbonyl (C=O) groups is 1. The molecular formula is C18H17N3OS. The van der Waals surface area contributed by atoms with Gasteiger partial charge in [0.2, 0.25) is 0 Å². The average molecular weight is 323 g/mol. The highest BCUT2D eigenvalue weighted by atomic mass is 32.1. The van der Waals surface area contributed by atoms with Gasteiger partial charge < -0.3 is 5.32 Å². The van der Waals surface area contributed by atoms with E-state index in [1.54, 1.807) is 17.6 Å². The maximum atomic E-state index is 11.7. The lowest BCUT2D eigenvalue weighted by Gasteiger charge is -2.03. The summed E-state index contributed by atoms with van der Waals surface area (Å²) in [6.07, 6.45) is 1.70. The second-order valence-electron chi connectivity index (χ2n) is 5.13. The fraction of sp³-hybridized carbons (Fsp3) is 0.111. The van der Waals surface area contributed by atoms with Crippen LogP contribution in [0.2, 0.25) is 0 Å². The van der Waals surface area contributed by atoms with E-state index in [1.165, 1.54) is 15.6 Å². The lowest BCUT2D eigenvalue weighted by atomic mass is 10.1. The van der Waals surface area contributed by atoms with E-state index in [-0.39, 0.29) is 6.03 Å². The summed E-state index contributed by atoms with van der Waals surface area (Å²) in [5.41, 5.74) is 4.73. The molecule has 23 heavy (non-hydrogen) atoms. The zero-order valence-electron chi connectivity index (χ0n) is 12.7. The number of nitrogens with one attached hydrogen (secondary N) is 2. The van der Waals surface area contributed by atoms with Crippen LogP contribution in [0, 0.1) is 6.92 Å². The van der Waals surface area contributed by atoms with E-state index < -0.39 is 0 Å². The normalized spacial score (nSPS) is 11.0. The molecule has 4 nitrogen and oxygen atoms in total. The molecule has 0 aliphatic heterocycles. The van der Waals surface area contributed by atoms with Gasteiger partial charge in [-0.05, 0) is 29.5 Å². The van der Waals surface area contributed by atoms with E-state index >= 15 is 0 Å². The summed E-state index contributed by atoms with van der Waals surface area (Å²) in [6, 6.07) is 17.7. The van der Waals surface area contributed by atoms with E-state index in [0.29, 0.717) is 6.54 Å². The summed E-state index contributed by atoms with van der Waals surface area (Å²) in [5, 5.41) is 8.03. The first-order valence-electron chi connectivity index (χ1n) is 7.33. The topological polar surface area (TPSA) is 53.5 Å². The van der Waals surface area contributed by atoms with Gasteiger partial charge in [0.25, 0.3) is 0 Å². The van der Waals surface area contributed by atoms with E-state index in [4.69, 9.17) is 0 Å². The van der Waals surface area contributed by atoms with Gasteiger partial charge in [-0.3, -0.25) is 0 Å². The quantitative estimate of drug-likeness (QED) is 0.552. The van der Waals surface area contributed by atoms with Crippen molar-refractivity contribution < 1.29 is 4.79 Å². The van der Waals surface area contributed by atoms with Crippen molar-refractivity contribution in [2.75, 3.05) is 0 Å². The molecule has 0 aliphatic rings. The zero-order valence-corrected chi connectivity index (χ0v) is 13.6. The molecule has 0 spiro atoms. The second kappa shape index (κ2) is 7.07. The summed E-state index contributed by atoms with van der Waals surface area (Å²) in [5.74, 6) is 0. The number of aryl methyl sites for hydroxylation is 1. The fourth-order valence-corrected chi connectivity index (χ4v) is 3.37. The minimum atomic E-state index is -0.316. The van der Waals surface area contributed by atoms with E-state index in [0.717, 1.165) is 10.4 Å². The molecule has 2 N–H and O–H groups in total. The van der Waals surface area contributed by atoms with Crippen LogP contribution in [0.15, 0.2) is 59.7 Å². The Kier molecular flexibility index (Phi) is 4.68. The van der Waals surface area contributed by atoms with Gasteiger partial charge >= 0.3 is 6.03 Å². The fourth-order valence-electron chi connectivity index (χ4n) is 2.28. The van der Waals surface area contributed by atoms with E-state index in [2.05, 4.69) is 34.9 Å². The van der Waals surface area contributed by atoms with Crippen molar-refractivity contribution >= 4 is 33.7 Å². The van der Waals surface area contributed by atoms with Gasteiger partial charge in [0.1, 0.15) is 0 Å². The van der Waals surface area contributed by atoms with Crippen LogP contribution >= 0.6 is 11.3 Å². The van der Waals surface area contributed by atoms with Crippen LogP contribution in [0.25, 0.3) is 10.1 Å². The minimum Gasteiger partial charge on any atom is -0.333 e. The molecule has 2 amide bonds. The number of hydrogen-bond acceptors (Lipinski definition) is 3. The molecule has 116 valence electrons. The molecule has 0 unspecified atom stereocenters. The molecule has 0 atom stereocenters. The highest BCUT2D eigenvalue weighted by Gasteiger charge is 2.05. The van der Waals surface area contributed by atoms with Crippen LogP contribution in [0.4, 0.5) is 4.79 Å². The number of thiophene rings is 1. The van der Waals surface area contributed by atoms with Gasteiger partial charge in [-0.1, -0.05) is 48.5 Å². The molecule has 0 radical (unpaired) electrons. The number of hydrazone groups is 1. The number of urea groups is 1. The molecule has 3 rings (SSSR count). The molecule has 0 saturated heterocycles. The molecule has 0 bridgehead atoms. The summed E-state index contributed by atoms with van der Waals surface area (Å²) < 4.78 is 1.22. The number of rotatable bonds is 4. The first-order valence-corrected chi connectivity index (χ1v) is 8.14. The Balaban J connectivity index is 1.57. The number of benzene rings is 2. The van der Waals surface area contributed by atoms with Crippen molar-refractivity contribution in [3.8, 4) is 0 Å². The molecule has 1 heterocycles. The second-order valence-corrected chi connectivity index (χ2v) is 6.21. The molecule has 1 aromatic heterocycles. The molecule has 5 heteroatoms. The largest absolute Gasteiger partial charge is 0.335 e. The van der Waals surface area contributed by atoms with Crippen molar-refractivity contribution in [1.82, 2.24) is 10.7 Å². The molecule has 0 fully saturated rings. The average Bonchev–Trinajstić information content (AvgIpc) is 2.91. The maximum Gasteiger partial charge on any atom is 0.335 e. The molecule has 2 aromatic carbocycles. The smallest absolute Gasteiger partial charge is 0.333 e. The van der Waals surface area contributed by atoms with Crippen molar-refractivity contribution in [3.63, 3.8) is 0 Å². The summed E-state index contributed by atoms with van der Waals surface area (Å²) >= 11 is 1.66. The highest BCUT2D eigenvalue weighted by Crippen LogP contribution is 2.29. The summed E-state index contributed by atoms with van der Waals surface area (Å²) in [6.45, 7) is 2.54. The lowest BCUT2D eigenvalue weighted by Crippen LogP contribution is -2.31. The highest BCUT2D eigenvalue weighted by molar-refractivity contribution is 7.20. The van der Waals surface area contributed by atoms with Gasteiger partial charge in [0, 0.05) is 11.2 Å². The van der Waals surface area contributed by atoms with Crippen molar-refractivity contribution in [3.05, 3.63) is 70.6 Å². The predicted molar refractivity (Wildman–Crippen MR) is 96.0 cm³/mol. The Labute approximate surface area is 138 Å². The Morgan fingerprint density at radius 1 is 1.13 bits per heavy atom. The number of hydrogen-bond donors (Lipinski definition) is 2. The number of nitrogens with zero attached hydrogens (tertiary/aromatic N) is 1. The molecular weight excluding hydrogens is 306 g/mol. The van der Waals surface area contributed by atoms with E-state index in [1.807, 2.05) is 42.5 Å². The van der Waals surface area contributed by atoms with Crippen molar-refractivity contribution in [2.24, 2.45) is 5.10 Å². The SMILES string of the molecule is Cc1c(C=NNC(=O)NCc2ccccc2)sc2ccccc12. The van der Waals surface area contributed by atoms with Gasteiger partial charge in [-0.25, -0.2) is 10.2 Å². The van der Waals surface area contributed by atoms with Gasteiger partial charge in [0.05, 0.1) is 11.1 Å². The Bertz CT molecular complexity index is 840. The minimum absolute atomic E-state index is 0.316. The first kappa shape index (κ1) is 15.2. The first-order chi connectivity index (χ1) is 11.2. The Hall–Kier alpha value is -2.66. The van der Waals surface area contributed by atoms with Crippen LogP contribution in [-0.2, 0) is 6.54 Å². The van der Waals surface area contributed by atoms with Gasteiger partial charge in [-0.2, -0.15) is 5.10 Å². The maximum absolute atomic E-state index is 11.7. The van der Waals surface area contributed by atoms with Crippen LogP contribution in [0.1, 0.15) is 16.0 Å². The zero-order chi connectivity index (χ0) is 16.1. The number of carbonyl (C=O) groups excluding carboxylic acids is 1. The predicted octanol–water partition coefficient (Wildman–Crippen LogP) is 4.04. The lowest BCUT2D eigenvalue weighted by molar-refractivity contribution is 0.241. The third-order valence-electron chi connectivity index (χ3n) is 3.52. The van der Waals surface area contributed by atoms with Crippen molar-refractivity contribution in [1.29, 1.82) is 0 Å².